The first kappa shape index (κ1) is 14.9. The van der Waals surface area contributed by atoms with Crippen molar-refractivity contribution in [3.05, 3.63) is 54.3 Å². The lowest BCUT2D eigenvalue weighted by atomic mass is 10.0. The molecule has 1 fully saturated rings. The molecule has 0 aliphatic carbocycles. The van der Waals surface area contributed by atoms with Gasteiger partial charge in [-0.2, -0.15) is 0 Å². The predicted octanol–water partition coefficient (Wildman–Crippen LogP) is 2.93. The Labute approximate surface area is 140 Å². The molecule has 24 heavy (non-hydrogen) atoms. The summed E-state index contributed by atoms with van der Waals surface area (Å²) in [6, 6.07) is 13.5. The number of carbonyl (C=O) groups is 1. The number of nitrogens with one attached hydrogen (secondary N) is 1. The van der Waals surface area contributed by atoms with E-state index in [0.717, 1.165) is 24.0 Å². The van der Waals surface area contributed by atoms with Crippen molar-refractivity contribution in [3.8, 4) is 11.5 Å². The number of nitrogens with zero attached hydrogens (tertiary/aromatic N) is 2. The van der Waals surface area contributed by atoms with E-state index < -0.39 is 0 Å². The van der Waals surface area contributed by atoms with Crippen LogP contribution < -0.4 is 5.32 Å². The second-order valence-corrected chi connectivity index (χ2v) is 6.10. The minimum absolute atomic E-state index is 0.0513. The van der Waals surface area contributed by atoms with E-state index in [1.807, 2.05) is 47.4 Å². The average molecular weight is 321 g/mol. The number of rotatable bonds is 2. The molecule has 4 rings (SSSR count). The summed E-state index contributed by atoms with van der Waals surface area (Å²) < 4.78 is 5.47. The van der Waals surface area contributed by atoms with Crippen LogP contribution >= 0.6 is 0 Å². The van der Waals surface area contributed by atoms with Crippen molar-refractivity contribution in [2.75, 3.05) is 19.6 Å². The van der Waals surface area contributed by atoms with Crippen LogP contribution in [-0.4, -0.2) is 41.5 Å². The van der Waals surface area contributed by atoms with Crippen LogP contribution in [0.25, 0.3) is 22.4 Å². The molecule has 1 aliphatic heterocycles. The zero-order valence-corrected chi connectivity index (χ0v) is 13.5. The molecule has 1 aromatic carbocycles. The Bertz CT molecular complexity index is 873. The molecule has 5 heteroatoms. The van der Waals surface area contributed by atoms with Gasteiger partial charge in [0.15, 0.2) is 5.76 Å². The summed E-state index contributed by atoms with van der Waals surface area (Å²) in [5, 5.41) is 4.20. The number of benzene rings is 1. The molecule has 3 aromatic rings. The Morgan fingerprint density at radius 3 is 2.96 bits per heavy atom. The number of fused-ring (bicyclic) bond motifs is 1. The number of para-hydroxylation sites is 1. The Morgan fingerprint density at radius 2 is 2.17 bits per heavy atom. The largest absolute Gasteiger partial charge is 0.463 e. The second-order valence-electron chi connectivity index (χ2n) is 6.10. The molecule has 1 amide bonds. The van der Waals surface area contributed by atoms with E-state index in [-0.39, 0.29) is 11.9 Å². The maximum Gasteiger partial charge on any atom is 0.254 e. The Morgan fingerprint density at radius 1 is 1.29 bits per heavy atom. The summed E-state index contributed by atoms with van der Waals surface area (Å²) in [5.41, 5.74) is 2.17. The SMILES string of the molecule is C[C@@H]1CNCCN1C(=O)c1cc(-c2ccco2)nc2ccccc12. The van der Waals surface area contributed by atoms with Crippen molar-refractivity contribution in [1.29, 1.82) is 0 Å². The lowest BCUT2D eigenvalue weighted by molar-refractivity contribution is 0.0658. The number of aromatic nitrogens is 1. The highest BCUT2D eigenvalue weighted by Gasteiger charge is 2.26. The fraction of sp³-hybridized carbons (Fsp3) is 0.263. The molecule has 5 nitrogen and oxygen atoms in total. The number of carbonyl (C=O) groups excluding carboxylic acids is 1. The van der Waals surface area contributed by atoms with Gasteiger partial charge in [0, 0.05) is 31.1 Å². The van der Waals surface area contributed by atoms with E-state index in [2.05, 4.69) is 17.2 Å². The van der Waals surface area contributed by atoms with Gasteiger partial charge in [0.05, 0.1) is 17.3 Å². The van der Waals surface area contributed by atoms with Crippen molar-refractivity contribution < 1.29 is 9.21 Å². The number of piperazine rings is 1. The molecule has 0 saturated carbocycles. The van der Waals surface area contributed by atoms with Crippen molar-refractivity contribution >= 4 is 16.8 Å². The van der Waals surface area contributed by atoms with Crippen LogP contribution in [0, 0.1) is 0 Å². The minimum atomic E-state index is 0.0513. The number of hydrogen-bond donors (Lipinski definition) is 1. The molecule has 1 aliphatic rings. The van der Waals surface area contributed by atoms with E-state index in [1.165, 1.54) is 0 Å². The molecule has 1 atom stereocenters. The van der Waals surface area contributed by atoms with Gasteiger partial charge in [-0.1, -0.05) is 18.2 Å². The maximum atomic E-state index is 13.2. The van der Waals surface area contributed by atoms with Gasteiger partial charge >= 0.3 is 0 Å². The van der Waals surface area contributed by atoms with E-state index in [9.17, 15) is 4.79 Å². The first-order chi connectivity index (χ1) is 11.7. The van der Waals surface area contributed by atoms with Crippen LogP contribution in [0.2, 0.25) is 0 Å². The average Bonchev–Trinajstić information content (AvgIpc) is 3.15. The second kappa shape index (κ2) is 6.09. The topological polar surface area (TPSA) is 58.4 Å². The van der Waals surface area contributed by atoms with Crippen molar-refractivity contribution in [2.45, 2.75) is 13.0 Å². The molecule has 1 N–H and O–H groups in total. The lowest BCUT2D eigenvalue weighted by Gasteiger charge is -2.34. The zero-order chi connectivity index (χ0) is 16.5. The fourth-order valence-corrected chi connectivity index (χ4v) is 3.20. The fourth-order valence-electron chi connectivity index (χ4n) is 3.20. The van der Waals surface area contributed by atoms with Crippen molar-refractivity contribution in [2.24, 2.45) is 0 Å². The Kier molecular flexibility index (Phi) is 3.78. The molecule has 3 heterocycles. The number of amides is 1. The van der Waals surface area contributed by atoms with Gasteiger partial charge in [-0.15, -0.1) is 0 Å². The third-order valence-corrected chi connectivity index (χ3v) is 4.48. The highest BCUT2D eigenvalue weighted by Crippen LogP contribution is 2.26. The van der Waals surface area contributed by atoms with Gasteiger partial charge in [0.25, 0.3) is 5.91 Å². The summed E-state index contributed by atoms with van der Waals surface area (Å²) in [4.78, 5) is 19.8. The van der Waals surface area contributed by atoms with Crippen LogP contribution in [0.5, 0.6) is 0 Å². The number of hydrogen-bond acceptors (Lipinski definition) is 4. The summed E-state index contributed by atoms with van der Waals surface area (Å²) in [7, 11) is 0. The highest BCUT2D eigenvalue weighted by molar-refractivity contribution is 6.07. The third-order valence-electron chi connectivity index (χ3n) is 4.48. The van der Waals surface area contributed by atoms with Crippen molar-refractivity contribution in [3.63, 3.8) is 0 Å². The minimum Gasteiger partial charge on any atom is -0.463 e. The van der Waals surface area contributed by atoms with Crippen LogP contribution in [0.3, 0.4) is 0 Å². The molecular weight excluding hydrogens is 302 g/mol. The van der Waals surface area contributed by atoms with Gasteiger partial charge < -0.3 is 14.6 Å². The van der Waals surface area contributed by atoms with Gasteiger partial charge in [-0.25, -0.2) is 4.98 Å². The molecular formula is C19H19N3O2. The van der Waals surface area contributed by atoms with Gasteiger partial charge in [0.1, 0.15) is 5.69 Å². The Hall–Kier alpha value is -2.66. The van der Waals surface area contributed by atoms with Gasteiger partial charge in [-0.3, -0.25) is 4.79 Å². The number of furan rings is 1. The van der Waals surface area contributed by atoms with Gasteiger partial charge in [0.2, 0.25) is 0 Å². The molecule has 122 valence electrons. The summed E-state index contributed by atoms with van der Waals surface area (Å²) in [6.07, 6.45) is 1.62. The van der Waals surface area contributed by atoms with E-state index in [1.54, 1.807) is 6.26 Å². The number of pyridine rings is 1. The van der Waals surface area contributed by atoms with Crippen LogP contribution in [0.4, 0.5) is 0 Å². The smallest absolute Gasteiger partial charge is 0.254 e. The molecule has 0 bridgehead atoms. The van der Waals surface area contributed by atoms with E-state index >= 15 is 0 Å². The van der Waals surface area contributed by atoms with E-state index in [0.29, 0.717) is 23.6 Å². The Balaban J connectivity index is 1.85. The molecule has 2 aromatic heterocycles. The van der Waals surface area contributed by atoms with Crippen LogP contribution in [0.15, 0.2) is 53.1 Å². The molecule has 0 spiro atoms. The normalized spacial score (nSPS) is 18.0. The summed E-state index contributed by atoms with van der Waals surface area (Å²) in [6.45, 7) is 4.43. The highest BCUT2D eigenvalue weighted by atomic mass is 16.3. The van der Waals surface area contributed by atoms with Crippen LogP contribution in [0.1, 0.15) is 17.3 Å². The molecule has 1 saturated heterocycles. The molecule has 0 radical (unpaired) electrons. The standard InChI is InChI=1S/C19H19N3O2/c1-13-12-20-8-9-22(13)19(23)15-11-17(18-7-4-10-24-18)21-16-6-3-2-5-14(15)16/h2-7,10-11,13,20H,8-9,12H2,1H3/t13-/m1/s1. The van der Waals surface area contributed by atoms with E-state index in [4.69, 9.17) is 4.42 Å². The van der Waals surface area contributed by atoms with Gasteiger partial charge in [-0.05, 0) is 31.2 Å². The molecule has 0 unspecified atom stereocenters. The summed E-state index contributed by atoms with van der Waals surface area (Å²) >= 11 is 0. The monoisotopic (exact) mass is 321 g/mol. The summed E-state index contributed by atoms with van der Waals surface area (Å²) in [5.74, 6) is 0.721. The van der Waals surface area contributed by atoms with Crippen molar-refractivity contribution in [1.82, 2.24) is 15.2 Å². The lowest BCUT2D eigenvalue weighted by Crippen LogP contribution is -2.52. The first-order valence-corrected chi connectivity index (χ1v) is 8.19. The quantitative estimate of drug-likeness (QED) is 0.788. The predicted molar refractivity (Wildman–Crippen MR) is 92.8 cm³/mol. The van der Waals surface area contributed by atoms with Crippen LogP contribution in [-0.2, 0) is 0 Å². The first-order valence-electron chi connectivity index (χ1n) is 8.19. The third kappa shape index (κ3) is 2.57. The zero-order valence-electron chi connectivity index (χ0n) is 13.5. The maximum absolute atomic E-state index is 13.2.